The summed E-state index contributed by atoms with van der Waals surface area (Å²) in [7, 11) is 0. The van der Waals surface area contributed by atoms with E-state index in [0.717, 1.165) is 39.0 Å². The lowest BCUT2D eigenvalue weighted by molar-refractivity contribution is 0.167. The number of anilines is 1. The van der Waals surface area contributed by atoms with Gasteiger partial charge < -0.3 is 16.0 Å². The summed E-state index contributed by atoms with van der Waals surface area (Å²) in [5.41, 5.74) is 8.67. The van der Waals surface area contributed by atoms with Crippen LogP contribution in [0.15, 0.2) is 60.7 Å². The summed E-state index contributed by atoms with van der Waals surface area (Å²) in [5, 5.41) is 3.67. The number of nitrogens with two attached hydrogens (primary N) is 1. The Morgan fingerprint density at radius 1 is 1.00 bits per heavy atom. The van der Waals surface area contributed by atoms with Gasteiger partial charge in [-0.25, -0.2) is 0 Å². The molecule has 2 aromatic rings. The van der Waals surface area contributed by atoms with Gasteiger partial charge >= 0.3 is 0 Å². The molecular formula is C20H27N3. The Morgan fingerprint density at radius 3 is 2.39 bits per heavy atom. The molecule has 0 bridgehead atoms. The van der Waals surface area contributed by atoms with Gasteiger partial charge in [0.25, 0.3) is 0 Å². The fourth-order valence-corrected chi connectivity index (χ4v) is 3.42. The molecule has 3 heteroatoms. The van der Waals surface area contributed by atoms with Gasteiger partial charge in [-0.15, -0.1) is 0 Å². The lowest BCUT2D eigenvalue weighted by atomic mass is 9.91. The molecule has 0 radical (unpaired) electrons. The minimum absolute atomic E-state index is 0.482. The summed E-state index contributed by atoms with van der Waals surface area (Å²) >= 11 is 0. The fraction of sp³-hybridized carbons (Fsp3) is 0.400. The highest BCUT2D eigenvalue weighted by Crippen LogP contribution is 2.21. The number of likely N-dealkylation sites (tertiary alicyclic amines) is 1. The van der Waals surface area contributed by atoms with Crippen LogP contribution in [0.5, 0.6) is 0 Å². The zero-order valence-corrected chi connectivity index (χ0v) is 13.7. The van der Waals surface area contributed by atoms with Crippen LogP contribution < -0.4 is 11.1 Å². The molecule has 1 fully saturated rings. The maximum Gasteiger partial charge on any atom is 0.0342 e. The van der Waals surface area contributed by atoms with Crippen LogP contribution in [0, 0.1) is 5.92 Å². The molecule has 0 aliphatic carbocycles. The van der Waals surface area contributed by atoms with E-state index >= 15 is 0 Å². The Hall–Kier alpha value is -1.84. The first-order valence-electron chi connectivity index (χ1n) is 8.63. The van der Waals surface area contributed by atoms with Crippen LogP contribution >= 0.6 is 0 Å². The maximum atomic E-state index is 6.05. The minimum Gasteiger partial charge on any atom is -0.382 e. The van der Waals surface area contributed by atoms with Crippen molar-refractivity contribution in [2.45, 2.75) is 18.9 Å². The SMILES string of the molecule is NCC1CN(CCc2ccccc2)CCC1Nc1ccccc1. The first kappa shape index (κ1) is 16.0. The summed E-state index contributed by atoms with van der Waals surface area (Å²) in [6, 6.07) is 21.7. The van der Waals surface area contributed by atoms with Crippen molar-refractivity contribution in [1.29, 1.82) is 0 Å². The number of nitrogens with one attached hydrogen (secondary N) is 1. The van der Waals surface area contributed by atoms with Gasteiger partial charge in [-0.2, -0.15) is 0 Å². The zero-order chi connectivity index (χ0) is 15.9. The Labute approximate surface area is 139 Å². The zero-order valence-electron chi connectivity index (χ0n) is 13.7. The van der Waals surface area contributed by atoms with E-state index in [1.165, 1.54) is 11.3 Å². The van der Waals surface area contributed by atoms with Gasteiger partial charge in [-0.1, -0.05) is 48.5 Å². The number of hydrogen-bond donors (Lipinski definition) is 2. The van der Waals surface area contributed by atoms with Crippen LogP contribution in [0.4, 0.5) is 5.69 Å². The van der Waals surface area contributed by atoms with Crippen molar-refractivity contribution in [2.75, 3.05) is 31.5 Å². The van der Waals surface area contributed by atoms with Crippen LogP contribution in [0.2, 0.25) is 0 Å². The van der Waals surface area contributed by atoms with Crippen LogP contribution in [-0.4, -0.2) is 37.1 Å². The summed E-state index contributed by atoms with van der Waals surface area (Å²) < 4.78 is 0. The molecule has 1 aliphatic rings. The Bertz CT molecular complexity index is 570. The smallest absolute Gasteiger partial charge is 0.0342 e. The summed E-state index contributed by atoms with van der Waals surface area (Å²) in [6.07, 6.45) is 2.28. The highest BCUT2D eigenvalue weighted by molar-refractivity contribution is 5.43. The second kappa shape index (κ2) is 8.14. The highest BCUT2D eigenvalue weighted by atomic mass is 15.1. The molecule has 2 unspecified atom stereocenters. The van der Waals surface area contributed by atoms with Crippen molar-refractivity contribution < 1.29 is 0 Å². The van der Waals surface area contributed by atoms with E-state index in [4.69, 9.17) is 5.73 Å². The molecule has 2 aromatic carbocycles. The van der Waals surface area contributed by atoms with Crippen molar-refractivity contribution >= 4 is 5.69 Å². The molecule has 1 saturated heterocycles. The predicted octanol–water partition coefficient (Wildman–Crippen LogP) is 2.99. The number of hydrogen-bond acceptors (Lipinski definition) is 3. The Balaban J connectivity index is 1.52. The first-order valence-corrected chi connectivity index (χ1v) is 8.63. The molecule has 1 aliphatic heterocycles. The molecule has 3 N–H and O–H groups in total. The third-order valence-corrected chi connectivity index (χ3v) is 4.81. The maximum absolute atomic E-state index is 6.05. The van der Waals surface area contributed by atoms with Crippen molar-refractivity contribution in [1.82, 2.24) is 4.90 Å². The normalized spacial score (nSPS) is 22.0. The number of piperidine rings is 1. The van der Waals surface area contributed by atoms with E-state index < -0.39 is 0 Å². The molecule has 122 valence electrons. The lowest BCUT2D eigenvalue weighted by Crippen LogP contribution is -2.49. The quantitative estimate of drug-likeness (QED) is 0.862. The van der Waals surface area contributed by atoms with E-state index in [9.17, 15) is 0 Å². The molecule has 0 amide bonds. The van der Waals surface area contributed by atoms with Crippen molar-refractivity contribution in [3.8, 4) is 0 Å². The number of nitrogens with zero attached hydrogens (tertiary/aromatic N) is 1. The second-order valence-corrected chi connectivity index (χ2v) is 6.44. The molecular weight excluding hydrogens is 282 g/mol. The molecule has 1 heterocycles. The van der Waals surface area contributed by atoms with Gasteiger partial charge in [0.15, 0.2) is 0 Å². The van der Waals surface area contributed by atoms with Gasteiger partial charge in [-0.05, 0) is 37.1 Å². The molecule has 3 rings (SSSR count). The average Bonchev–Trinajstić information content (AvgIpc) is 2.62. The van der Waals surface area contributed by atoms with Crippen molar-refractivity contribution in [3.05, 3.63) is 66.2 Å². The number of benzene rings is 2. The molecule has 0 saturated carbocycles. The van der Waals surface area contributed by atoms with Gasteiger partial charge in [-0.3, -0.25) is 0 Å². The van der Waals surface area contributed by atoms with E-state index in [2.05, 4.69) is 70.9 Å². The number of rotatable bonds is 6. The van der Waals surface area contributed by atoms with Gasteiger partial charge in [0.05, 0.1) is 0 Å². The van der Waals surface area contributed by atoms with Gasteiger partial charge in [0.1, 0.15) is 0 Å². The monoisotopic (exact) mass is 309 g/mol. The molecule has 0 aromatic heterocycles. The van der Waals surface area contributed by atoms with Crippen LogP contribution in [0.1, 0.15) is 12.0 Å². The van der Waals surface area contributed by atoms with Crippen LogP contribution in [0.3, 0.4) is 0 Å². The topological polar surface area (TPSA) is 41.3 Å². The minimum atomic E-state index is 0.482. The van der Waals surface area contributed by atoms with Crippen LogP contribution in [0.25, 0.3) is 0 Å². The molecule has 0 spiro atoms. The summed E-state index contributed by atoms with van der Waals surface area (Å²) in [5.74, 6) is 0.514. The second-order valence-electron chi connectivity index (χ2n) is 6.44. The van der Waals surface area contributed by atoms with Crippen LogP contribution in [-0.2, 0) is 6.42 Å². The average molecular weight is 309 g/mol. The molecule has 2 atom stereocenters. The summed E-state index contributed by atoms with van der Waals surface area (Å²) in [6.45, 7) is 4.10. The van der Waals surface area contributed by atoms with E-state index in [-0.39, 0.29) is 0 Å². The third-order valence-electron chi connectivity index (χ3n) is 4.81. The van der Waals surface area contributed by atoms with Crippen molar-refractivity contribution in [3.63, 3.8) is 0 Å². The Morgan fingerprint density at radius 2 is 1.70 bits per heavy atom. The number of para-hydroxylation sites is 1. The van der Waals surface area contributed by atoms with E-state index in [1.54, 1.807) is 0 Å². The highest BCUT2D eigenvalue weighted by Gasteiger charge is 2.27. The largest absolute Gasteiger partial charge is 0.382 e. The van der Waals surface area contributed by atoms with Crippen molar-refractivity contribution in [2.24, 2.45) is 11.7 Å². The first-order chi connectivity index (χ1) is 11.3. The van der Waals surface area contributed by atoms with E-state index in [1.807, 2.05) is 0 Å². The van der Waals surface area contributed by atoms with E-state index in [0.29, 0.717) is 12.0 Å². The van der Waals surface area contributed by atoms with Gasteiger partial charge in [0.2, 0.25) is 0 Å². The lowest BCUT2D eigenvalue weighted by Gasteiger charge is -2.39. The predicted molar refractivity (Wildman–Crippen MR) is 97.6 cm³/mol. The molecule has 23 heavy (non-hydrogen) atoms. The third kappa shape index (κ3) is 4.57. The fourth-order valence-electron chi connectivity index (χ4n) is 3.42. The van der Waals surface area contributed by atoms with Gasteiger partial charge in [0, 0.05) is 37.3 Å². The summed E-state index contributed by atoms with van der Waals surface area (Å²) in [4.78, 5) is 2.56. The molecule has 3 nitrogen and oxygen atoms in total. The standard InChI is InChI=1S/C20H27N3/c21-15-18-16-23(13-11-17-7-3-1-4-8-17)14-12-20(18)22-19-9-5-2-6-10-19/h1-10,18,20,22H,11-16,21H2. The Kier molecular flexibility index (Phi) is 5.67.